The first-order valence-corrected chi connectivity index (χ1v) is 4.97. The van der Waals surface area contributed by atoms with Crippen LogP contribution >= 0.6 is 27.3 Å². The van der Waals surface area contributed by atoms with Gasteiger partial charge in [0.1, 0.15) is 4.88 Å². The summed E-state index contributed by atoms with van der Waals surface area (Å²) in [6, 6.07) is 0. The van der Waals surface area contributed by atoms with E-state index in [1.165, 1.54) is 6.92 Å². The second-order valence-electron chi connectivity index (χ2n) is 2.27. The first-order chi connectivity index (χ1) is 6.02. The van der Waals surface area contributed by atoms with Gasteiger partial charge < -0.3 is 10.4 Å². The molecular weight excluding hydrogens is 258 g/mol. The SMILES string of the molecule is CC(=O)Nc1c(Br)csc1C(=O)O. The monoisotopic (exact) mass is 263 g/mol. The number of hydrogen-bond donors (Lipinski definition) is 2. The highest BCUT2D eigenvalue weighted by Gasteiger charge is 2.16. The highest BCUT2D eigenvalue weighted by Crippen LogP contribution is 2.32. The number of carboxylic acids is 1. The van der Waals surface area contributed by atoms with Crippen LogP contribution in [0.2, 0.25) is 0 Å². The van der Waals surface area contributed by atoms with E-state index in [0.29, 0.717) is 10.2 Å². The zero-order valence-electron chi connectivity index (χ0n) is 6.63. The largest absolute Gasteiger partial charge is 0.477 e. The molecule has 1 rings (SSSR count). The van der Waals surface area contributed by atoms with Crippen LogP contribution in [0.3, 0.4) is 0 Å². The fourth-order valence-corrected chi connectivity index (χ4v) is 2.21. The van der Waals surface area contributed by atoms with Crippen LogP contribution in [0, 0.1) is 0 Å². The van der Waals surface area contributed by atoms with Gasteiger partial charge in [-0.3, -0.25) is 4.79 Å². The molecule has 0 bridgehead atoms. The maximum absolute atomic E-state index is 10.7. The Labute approximate surface area is 86.7 Å². The minimum Gasteiger partial charge on any atom is -0.477 e. The molecule has 0 fully saturated rings. The van der Waals surface area contributed by atoms with E-state index in [1.54, 1.807) is 5.38 Å². The Bertz CT molecular complexity index is 361. The number of carbonyl (C=O) groups is 2. The van der Waals surface area contributed by atoms with E-state index in [4.69, 9.17) is 5.11 Å². The van der Waals surface area contributed by atoms with E-state index < -0.39 is 5.97 Å². The van der Waals surface area contributed by atoms with E-state index >= 15 is 0 Å². The smallest absolute Gasteiger partial charge is 0.348 e. The molecule has 0 atom stereocenters. The number of aromatic carboxylic acids is 1. The molecule has 1 amide bonds. The number of carbonyl (C=O) groups excluding carboxylic acids is 1. The van der Waals surface area contributed by atoms with Gasteiger partial charge in [-0.15, -0.1) is 11.3 Å². The molecule has 0 aliphatic carbocycles. The Kier molecular flexibility index (Phi) is 3.05. The molecule has 0 radical (unpaired) electrons. The minimum atomic E-state index is -1.04. The lowest BCUT2D eigenvalue weighted by Gasteiger charge is -2.00. The third-order valence-corrected chi connectivity index (χ3v) is 3.14. The van der Waals surface area contributed by atoms with E-state index in [0.717, 1.165) is 11.3 Å². The summed E-state index contributed by atoms with van der Waals surface area (Å²) in [4.78, 5) is 21.5. The van der Waals surface area contributed by atoms with Crippen LogP contribution in [0.4, 0.5) is 5.69 Å². The minimum absolute atomic E-state index is 0.127. The average Bonchev–Trinajstić information content (AvgIpc) is 2.32. The third kappa shape index (κ3) is 2.28. The molecule has 1 heterocycles. The van der Waals surface area contributed by atoms with Gasteiger partial charge in [0.2, 0.25) is 5.91 Å². The average molecular weight is 264 g/mol. The Morgan fingerprint density at radius 3 is 2.69 bits per heavy atom. The number of carboxylic acid groups (broad SMARTS) is 1. The van der Waals surface area contributed by atoms with Gasteiger partial charge in [0, 0.05) is 12.3 Å². The van der Waals surface area contributed by atoms with Gasteiger partial charge in [-0.05, 0) is 15.9 Å². The Morgan fingerprint density at radius 2 is 2.23 bits per heavy atom. The highest BCUT2D eigenvalue weighted by molar-refractivity contribution is 9.10. The number of nitrogens with one attached hydrogen (secondary N) is 1. The van der Waals surface area contributed by atoms with Gasteiger partial charge in [0.05, 0.1) is 10.2 Å². The Hall–Kier alpha value is -0.880. The Balaban J connectivity index is 3.08. The molecule has 0 unspecified atom stereocenters. The highest BCUT2D eigenvalue weighted by atomic mass is 79.9. The van der Waals surface area contributed by atoms with Gasteiger partial charge in [0.25, 0.3) is 0 Å². The van der Waals surface area contributed by atoms with Gasteiger partial charge in [-0.25, -0.2) is 4.79 Å². The van der Waals surface area contributed by atoms with Crippen molar-refractivity contribution in [2.24, 2.45) is 0 Å². The molecule has 0 aromatic carbocycles. The van der Waals surface area contributed by atoms with Crippen LogP contribution in [0.1, 0.15) is 16.6 Å². The van der Waals surface area contributed by atoms with E-state index in [9.17, 15) is 9.59 Å². The van der Waals surface area contributed by atoms with Crippen molar-refractivity contribution in [2.75, 3.05) is 5.32 Å². The lowest BCUT2D eigenvalue weighted by atomic mass is 10.4. The molecule has 0 spiro atoms. The summed E-state index contributed by atoms with van der Waals surface area (Å²) in [6.07, 6.45) is 0. The summed E-state index contributed by atoms with van der Waals surface area (Å²) >= 11 is 4.21. The van der Waals surface area contributed by atoms with Crippen LogP contribution in [-0.2, 0) is 4.79 Å². The summed E-state index contributed by atoms with van der Waals surface area (Å²) in [5.41, 5.74) is 0.324. The van der Waals surface area contributed by atoms with Crippen molar-refractivity contribution >= 4 is 44.8 Å². The van der Waals surface area contributed by atoms with Crippen LogP contribution in [-0.4, -0.2) is 17.0 Å². The second-order valence-corrected chi connectivity index (χ2v) is 4.01. The summed E-state index contributed by atoms with van der Waals surface area (Å²) in [5, 5.41) is 12.8. The molecule has 1 aromatic rings. The molecule has 0 saturated carbocycles. The normalized spacial score (nSPS) is 9.69. The zero-order valence-corrected chi connectivity index (χ0v) is 9.03. The number of amides is 1. The topological polar surface area (TPSA) is 66.4 Å². The maximum atomic E-state index is 10.7. The third-order valence-electron chi connectivity index (χ3n) is 1.24. The number of hydrogen-bond acceptors (Lipinski definition) is 3. The van der Waals surface area contributed by atoms with Gasteiger partial charge >= 0.3 is 5.97 Å². The van der Waals surface area contributed by atoms with Crippen molar-refractivity contribution in [2.45, 2.75) is 6.92 Å². The van der Waals surface area contributed by atoms with Crippen molar-refractivity contribution in [1.29, 1.82) is 0 Å². The Morgan fingerprint density at radius 1 is 1.62 bits per heavy atom. The number of anilines is 1. The molecule has 6 heteroatoms. The molecule has 13 heavy (non-hydrogen) atoms. The molecular formula is C7H6BrNO3S. The molecule has 4 nitrogen and oxygen atoms in total. The van der Waals surface area contributed by atoms with Crippen molar-refractivity contribution < 1.29 is 14.7 Å². The lowest BCUT2D eigenvalue weighted by Crippen LogP contribution is -2.08. The van der Waals surface area contributed by atoms with E-state index in [1.807, 2.05) is 0 Å². The standard InChI is InChI=1S/C7H6BrNO3S/c1-3(10)9-5-4(8)2-13-6(5)7(11)12/h2H,1H3,(H,9,10)(H,11,12). The number of thiophene rings is 1. The van der Waals surface area contributed by atoms with Crippen LogP contribution in [0.25, 0.3) is 0 Å². The predicted molar refractivity (Wildman–Crippen MR) is 53.3 cm³/mol. The second kappa shape index (κ2) is 3.89. The number of halogens is 1. The van der Waals surface area contributed by atoms with Crippen molar-refractivity contribution in [3.8, 4) is 0 Å². The van der Waals surface area contributed by atoms with E-state index in [2.05, 4.69) is 21.2 Å². The number of rotatable bonds is 2. The molecule has 70 valence electrons. The molecule has 0 aliphatic heterocycles. The van der Waals surface area contributed by atoms with Crippen LogP contribution < -0.4 is 5.32 Å². The fraction of sp³-hybridized carbons (Fsp3) is 0.143. The molecule has 0 saturated heterocycles. The first-order valence-electron chi connectivity index (χ1n) is 3.30. The van der Waals surface area contributed by atoms with Crippen molar-refractivity contribution in [1.82, 2.24) is 0 Å². The lowest BCUT2D eigenvalue weighted by molar-refractivity contribution is -0.114. The first kappa shape index (κ1) is 10.2. The maximum Gasteiger partial charge on any atom is 0.348 e. The molecule has 2 N–H and O–H groups in total. The van der Waals surface area contributed by atoms with Crippen LogP contribution in [0.5, 0.6) is 0 Å². The summed E-state index contributed by atoms with van der Waals surface area (Å²) < 4.78 is 0.588. The fourth-order valence-electron chi connectivity index (χ4n) is 0.787. The summed E-state index contributed by atoms with van der Waals surface area (Å²) in [6.45, 7) is 1.33. The molecule has 0 aliphatic rings. The summed E-state index contributed by atoms with van der Waals surface area (Å²) in [7, 11) is 0. The zero-order chi connectivity index (χ0) is 10.0. The van der Waals surface area contributed by atoms with E-state index in [-0.39, 0.29) is 10.8 Å². The predicted octanol–water partition coefficient (Wildman–Crippen LogP) is 2.17. The molecule has 1 aromatic heterocycles. The van der Waals surface area contributed by atoms with Crippen molar-refractivity contribution in [3.63, 3.8) is 0 Å². The van der Waals surface area contributed by atoms with Gasteiger partial charge in [0.15, 0.2) is 0 Å². The quantitative estimate of drug-likeness (QED) is 0.860. The van der Waals surface area contributed by atoms with Crippen LogP contribution in [0.15, 0.2) is 9.85 Å². The summed E-state index contributed by atoms with van der Waals surface area (Å²) in [5.74, 6) is -1.33. The van der Waals surface area contributed by atoms with Gasteiger partial charge in [-0.1, -0.05) is 0 Å². The van der Waals surface area contributed by atoms with Crippen molar-refractivity contribution in [3.05, 3.63) is 14.7 Å². The van der Waals surface area contributed by atoms with Gasteiger partial charge in [-0.2, -0.15) is 0 Å².